The van der Waals surface area contributed by atoms with Crippen molar-refractivity contribution in [3.8, 4) is 0 Å². The highest BCUT2D eigenvalue weighted by Gasteiger charge is 2.38. The van der Waals surface area contributed by atoms with Gasteiger partial charge in [-0.1, -0.05) is 6.42 Å². The van der Waals surface area contributed by atoms with Crippen LogP contribution in [-0.4, -0.2) is 69.6 Å². The summed E-state index contributed by atoms with van der Waals surface area (Å²) < 4.78 is 4.96. The highest BCUT2D eigenvalue weighted by Crippen LogP contribution is 2.15. The molecule has 0 aromatic carbocycles. The fourth-order valence-corrected chi connectivity index (χ4v) is 2.02. The molecule has 0 bridgehead atoms. The first-order valence-corrected chi connectivity index (χ1v) is 6.17. The number of aliphatic carboxylic acids is 2. The Morgan fingerprint density at radius 2 is 1.60 bits per heavy atom. The number of likely N-dealkylation sites (tertiary alicyclic amines) is 1. The average molecular weight is 290 g/mol. The van der Waals surface area contributed by atoms with Crippen LogP contribution in [0.15, 0.2) is 0 Å². The summed E-state index contributed by atoms with van der Waals surface area (Å²) in [7, 11) is 0. The second-order valence-electron chi connectivity index (χ2n) is 4.53. The number of carboxylic acid groups (broad SMARTS) is 2. The summed E-state index contributed by atoms with van der Waals surface area (Å²) >= 11 is 0. The van der Waals surface area contributed by atoms with Crippen molar-refractivity contribution >= 4 is 17.8 Å². The number of carbonyl (C=O) groups excluding carboxylic acids is 1. The average Bonchev–Trinajstić information content (AvgIpc) is 2.39. The van der Waals surface area contributed by atoms with Crippen LogP contribution >= 0.6 is 0 Å². The van der Waals surface area contributed by atoms with Crippen LogP contribution in [0, 0.1) is 0 Å². The smallest absolute Gasteiger partial charge is 0.336 e. The molecule has 0 aliphatic carbocycles. The topological polar surface area (TPSA) is 150 Å². The zero-order valence-electron chi connectivity index (χ0n) is 10.8. The minimum absolute atomic E-state index is 0.489. The number of aliphatic hydroxyl groups excluding tert-OH is 1. The first-order valence-electron chi connectivity index (χ1n) is 6.17. The number of nitrogens with two attached hydrogens (primary N) is 1. The third-order valence-corrected chi connectivity index (χ3v) is 3.02. The number of amides is 1. The molecule has 0 saturated carbocycles. The molecule has 1 aliphatic rings. The molecule has 1 fully saturated rings. The summed E-state index contributed by atoms with van der Waals surface area (Å²) in [4.78, 5) is 34.5. The van der Waals surface area contributed by atoms with E-state index in [1.54, 1.807) is 0 Å². The maximum Gasteiger partial charge on any atom is 0.336 e. The van der Waals surface area contributed by atoms with Crippen molar-refractivity contribution in [2.75, 3.05) is 13.1 Å². The van der Waals surface area contributed by atoms with Crippen LogP contribution in [0.5, 0.6) is 0 Å². The molecule has 1 rings (SSSR count). The van der Waals surface area contributed by atoms with Crippen LogP contribution in [0.2, 0.25) is 0 Å². The lowest BCUT2D eigenvalue weighted by atomic mass is 10.1. The zero-order valence-corrected chi connectivity index (χ0v) is 10.8. The molecule has 1 saturated heterocycles. The number of carbonyl (C=O) groups is 3. The van der Waals surface area contributed by atoms with Crippen molar-refractivity contribution in [2.45, 2.75) is 37.7 Å². The van der Waals surface area contributed by atoms with Gasteiger partial charge in [0.05, 0.1) is 0 Å². The van der Waals surface area contributed by atoms with E-state index in [9.17, 15) is 19.5 Å². The molecule has 1 amide bonds. The fourth-order valence-electron chi connectivity index (χ4n) is 2.02. The number of carboxylic acids is 2. The van der Waals surface area contributed by atoms with Gasteiger partial charge in [-0.25, -0.2) is 9.59 Å². The Morgan fingerprint density at radius 3 is 2.00 bits per heavy atom. The third-order valence-electron chi connectivity index (χ3n) is 3.02. The lowest BCUT2D eigenvalue weighted by Crippen LogP contribution is -2.54. The minimum Gasteiger partial charge on any atom is -0.479 e. The standard InChI is InChI=1S/C11H18N2O7/c12-8(15)9(13-4-2-1-3-5-13)20-7(11(18)19)6(14)10(16)17/h6-7,9,14H,1-5H2,(H2,12,15)(H,16,17)(H,18,19)/t6-,7-,9?/m0/s1. The van der Waals surface area contributed by atoms with Crippen LogP contribution < -0.4 is 5.73 Å². The second-order valence-corrected chi connectivity index (χ2v) is 4.53. The van der Waals surface area contributed by atoms with Gasteiger partial charge in [0.2, 0.25) is 0 Å². The number of rotatable bonds is 7. The normalized spacial score (nSPS) is 20.9. The van der Waals surface area contributed by atoms with E-state index in [1.165, 1.54) is 4.90 Å². The Hall–Kier alpha value is -1.71. The van der Waals surface area contributed by atoms with Gasteiger partial charge in [-0.2, -0.15) is 0 Å². The molecular weight excluding hydrogens is 272 g/mol. The fraction of sp³-hybridized carbons (Fsp3) is 0.727. The highest BCUT2D eigenvalue weighted by molar-refractivity contribution is 5.84. The molecule has 20 heavy (non-hydrogen) atoms. The zero-order chi connectivity index (χ0) is 15.3. The Kier molecular flexibility index (Phi) is 5.86. The molecule has 114 valence electrons. The number of nitrogens with zero attached hydrogens (tertiary/aromatic N) is 1. The summed E-state index contributed by atoms with van der Waals surface area (Å²) in [6, 6.07) is 0. The van der Waals surface area contributed by atoms with E-state index < -0.39 is 36.3 Å². The first-order chi connectivity index (χ1) is 9.34. The summed E-state index contributed by atoms with van der Waals surface area (Å²) in [5.41, 5.74) is 5.16. The van der Waals surface area contributed by atoms with Gasteiger partial charge < -0.3 is 25.8 Å². The van der Waals surface area contributed by atoms with Gasteiger partial charge in [0.25, 0.3) is 5.91 Å². The van der Waals surface area contributed by atoms with E-state index in [0.29, 0.717) is 13.1 Å². The number of piperidine rings is 1. The number of ether oxygens (including phenoxy) is 1. The highest BCUT2D eigenvalue weighted by atomic mass is 16.6. The Labute approximate surface area is 114 Å². The molecule has 0 spiro atoms. The molecule has 1 heterocycles. The molecule has 3 atom stereocenters. The van der Waals surface area contributed by atoms with Crippen LogP contribution in [0.25, 0.3) is 0 Å². The van der Waals surface area contributed by atoms with E-state index in [4.69, 9.17) is 20.7 Å². The van der Waals surface area contributed by atoms with Crippen molar-refractivity contribution in [3.63, 3.8) is 0 Å². The molecule has 0 aromatic rings. The maximum absolute atomic E-state index is 11.4. The van der Waals surface area contributed by atoms with Crippen molar-refractivity contribution < 1.29 is 34.4 Å². The van der Waals surface area contributed by atoms with Gasteiger partial charge in [0, 0.05) is 13.1 Å². The van der Waals surface area contributed by atoms with Gasteiger partial charge >= 0.3 is 11.9 Å². The molecular formula is C11H18N2O7. The lowest BCUT2D eigenvalue weighted by molar-refractivity contribution is -0.189. The largest absolute Gasteiger partial charge is 0.479 e. The predicted octanol–water partition coefficient (Wildman–Crippen LogP) is -1.80. The molecule has 0 aromatic heterocycles. The Bertz CT molecular complexity index is 381. The summed E-state index contributed by atoms with van der Waals surface area (Å²) in [6.07, 6.45) is -3.14. The van der Waals surface area contributed by atoms with Gasteiger partial charge in [0.15, 0.2) is 18.4 Å². The molecule has 9 nitrogen and oxygen atoms in total. The summed E-state index contributed by atoms with van der Waals surface area (Å²) in [5.74, 6) is -4.35. The van der Waals surface area contributed by atoms with Gasteiger partial charge in [-0.3, -0.25) is 9.69 Å². The van der Waals surface area contributed by atoms with Crippen LogP contribution in [0.3, 0.4) is 0 Å². The SMILES string of the molecule is NC(=O)C(O[C@H](C(=O)O)[C@H](O)C(=O)O)N1CCCCC1. The number of hydrogen-bond donors (Lipinski definition) is 4. The molecule has 0 radical (unpaired) electrons. The minimum atomic E-state index is -2.28. The molecule has 1 unspecified atom stereocenters. The number of aliphatic hydroxyl groups is 1. The van der Waals surface area contributed by atoms with E-state index in [1.807, 2.05) is 0 Å². The van der Waals surface area contributed by atoms with Gasteiger partial charge in [-0.15, -0.1) is 0 Å². The number of primary amides is 1. The second kappa shape index (κ2) is 7.17. The van der Waals surface area contributed by atoms with Crippen LogP contribution in [-0.2, 0) is 19.1 Å². The van der Waals surface area contributed by atoms with E-state index >= 15 is 0 Å². The third kappa shape index (κ3) is 4.15. The first kappa shape index (κ1) is 16.3. The van der Waals surface area contributed by atoms with Gasteiger partial charge in [-0.05, 0) is 12.8 Å². The maximum atomic E-state index is 11.4. The van der Waals surface area contributed by atoms with E-state index in [2.05, 4.69) is 0 Å². The lowest BCUT2D eigenvalue weighted by Gasteiger charge is -2.34. The van der Waals surface area contributed by atoms with E-state index in [0.717, 1.165) is 19.3 Å². The quantitative estimate of drug-likeness (QED) is 0.428. The number of hydrogen-bond acceptors (Lipinski definition) is 6. The van der Waals surface area contributed by atoms with Crippen molar-refractivity contribution in [1.82, 2.24) is 4.90 Å². The van der Waals surface area contributed by atoms with Crippen molar-refractivity contribution in [3.05, 3.63) is 0 Å². The summed E-state index contributed by atoms with van der Waals surface area (Å²) in [6.45, 7) is 0.978. The van der Waals surface area contributed by atoms with E-state index in [-0.39, 0.29) is 0 Å². The summed E-state index contributed by atoms with van der Waals surface area (Å²) in [5, 5.41) is 26.9. The Morgan fingerprint density at radius 1 is 1.05 bits per heavy atom. The molecule has 9 heteroatoms. The predicted molar refractivity (Wildman–Crippen MR) is 64.6 cm³/mol. The Balaban J connectivity index is 2.82. The van der Waals surface area contributed by atoms with Crippen molar-refractivity contribution in [1.29, 1.82) is 0 Å². The van der Waals surface area contributed by atoms with Crippen LogP contribution in [0.4, 0.5) is 0 Å². The molecule has 1 aliphatic heterocycles. The van der Waals surface area contributed by atoms with Crippen LogP contribution in [0.1, 0.15) is 19.3 Å². The monoisotopic (exact) mass is 290 g/mol. The van der Waals surface area contributed by atoms with Crippen molar-refractivity contribution in [2.24, 2.45) is 5.73 Å². The molecule has 5 N–H and O–H groups in total. The van der Waals surface area contributed by atoms with Gasteiger partial charge in [0.1, 0.15) is 0 Å².